The average molecular weight is 318 g/mol. The third-order valence-electron chi connectivity index (χ3n) is 3.21. The Bertz CT molecular complexity index is 572. The van der Waals surface area contributed by atoms with Crippen LogP contribution in [0.2, 0.25) is 0 Å². The molecule has 0 aromatic heterocycles. The molecule has 0 saturated carbocycles. The van der Waals surface area contributed by atoms with E-state index in [1.807, 2.05) is 6.92 Å². The van der Waals surface area contributed by atoms with E-state index in [2.05, 4.69) is 19.2 Å². The molecule has 1 N–H and O–H groups in total. The Kier molecular flexibility index (Phi) is 6.02. The molecule has 20 heavy (non-hydrogen) atoms. The van der Waals surface area contributed by atoms with Gasteiger partial charge in [-0.2, -0.15) is 0 Å². The average Bonchev–Trinajstić information content (AvgIpc) is 2.37. The van der Waals surface area contributed by atoms with E-state index >= 15 is 0 Å². The van der Waals surface area contributed by atoms with E-state index in [9.17, 15) is 13.2 Å². The second-order valence-corrected chi connectivity index (χ2v) is 7.66. The van der Waals surface area contributed by atoms with Gasteiger partial charge in [0.05, 0.1) is 4.90 Å². The van der Waals surface area contributed by atoms with Crippen molar-refractivity contribution in [3.8, 4) is 0 Å². The van der Waals surface area contributed by atoms with Crippen LogP contribution < -0.4 is 5.32 Å². The summed E-state index contributed by atoms with van der Waals surface area (Å²) in [5.74, 6) is 0.239. The molecule has 0 heterocycles. The molecule has 0 aliphatic rings. The molecule has 0 radical (unpaired) electrons. The van der Waals surface area contributed by atoms with E-state index in [1.54, 1.807) is 6.07 Å². The third-order valence-corrected chi connectivity index (χ3v) is 4.56. The predicted molar refractivity (Wildman–Crippen MR) is 80.5 cm³/mol. The van der Waals surface area contributed by atoms with Crippen LogP contribution in [0.5, 0.6) is 0 Å². The zero-order chi connectivity index (χ0) is 15.3. The molecular formula is C14H20ClNO3S. The summed E-state index contributed by atoms with van der Waals surface area (Å²) in [5.41, 5.74) is 0.294. The van der Waals surface area contributed by atoms with Gasteiger partial charge >= 0.3 is 0 Å². The Morgan fingerprint density at radius 1 is 1.35 bits per heavy atom. The first-order valence-corrected chi connectivity index (χ1v) is 8.90. The van der Waals surface area contributed by atoms with Gasteiger partial charge in [0.2, 0.25) is 0 Å². The molecule has 6 heteroatoms. The van der Waals surface area contributed by atoms with Crippen LogP contribution in [0.15, 0.2) is 29.2 Å². The fourth-order valence-corrected chi connectivity index (χ4v) is 2.72. The minimum Gasteiger partial charge on any atom is -0.350 e. The predicted octanol–water partition coefficient (Wildman–Crippen LogP) is 3.17. The van der Waals surface area contributed by atoms with E-state index in [-0.39, 0.29) is 16.8 Å². The number of benzene rings is 1. The van der Waals surface area contributed by atoms with Crippen molar-refractivity contribution < 1.29 is 13.2 Å². The molecule has 0 saturated heterocycles. The molecule has 0 spiro atoms. The number of carbonyl (C=O) groups excluding carboxylic acids is 1. The summed E-state index contributed by atoms with van der Waals surface area (Å²) in [5, 5.41) is 2.86. The highest BCUT2D eigenvalue weighted by Gasteiger charge is 2.15. The summed E-state index contributed by atoms with van der Waals surface area (Å²) in [6, 6.07) is 5.75. The topological polar surface area (TPSA) is 63.2 Å². The minimum absolute atomic E-state index is 0.0358. The Hall–Kier alpha value is -1.07. The minimum atomic E-state index is -3.82. The molecule has 2 atom stereocenters. The molecule has 1 aromatic rings. The normalized spacial score (nSPS) is 14.6. The number of hydrogen-bond donors (Lipinski definition) is 1. The summed E-state index contributed by atoms with van der Waals surface area (Å²) in [6.07, 6.45) is 1.94. The number of hydrogen-bond acceptors (Lipinski definition) is 3. The number of halogens is 1. The third kappa shape index (κ3) is 5.13. The van der Waals surface area contributed by atoms with Crippen LogP contribution in [0.1, 0.15) is 44.0 Å². The van der Waals surface area contributed by atoms with Crippen molar-refractivity contribution in [2.75, 3.05) is 0 Å². The van der Waals surface area contributed by atoms with Gasteiger partial charge in [0.15, 0.2) is 0 Å². The van der Waals surface area contributed by atoms with Crippen LogP contribution in [0.3, 0.4) is 0 Å². The fraction of sp³-hybridized carbons (Fsp3) is 0.500. The quantitative estimate of drug-likeness (QED) is 0.820. The highest BCUT2D eigenvalue weighted by Crippen LogP contribution is 2.16. The van der Waals surface area contributed by atoms with Gasteiger partial charge in [-0.3, -0.25) is 4.79 Å². The van der Waals surface area contributed by atoms with Crippen molar-refractivity contribution in [1.29, 1.82) is 0 Å². The van der Waals surface area contributed by atoms with Crippen LogP contribution in [0.25, 0.3) is 0 Å². The highest BCUT2D eigenvalue weighted by atomic mass is 35.7. The van der Waals surface area contributed by atoms with Gasteiger partial charge in [-0.15, -0.1) is 0 Å². The van der Waals surface area contributed by atoms with Crippen molar-refractivity contribution in [3.63, 3.8) is 0 Å². The van der Waals surface area contributed by atoms with Crippen molar-refractivity contribution in [1.82, 2.24) is 5.32 Å². The van der Waals surface area contributed by atoms with Crippen molar-refractivity contribution >= 4 is 25.6 Å². The maximum absolute atomic E-state index is 12.1. The van der Waals surface area contributed by atoms with Gasteiger partial charge in [0.25, 0.3) is 15.0 Å². The SMILES string of the molecule is CCC(C)CC(C)NC(=O)c1cccc(S(=O)(=O)Cl)c1. The Morgan fingerprint density at radius 2 is 2.00 bits per heavy atom. The summed E-state index contributed by atoms with van der Waals surface area (Å²) >= 11 is 0. The molecule has 0 fully saturated rings. The maximum Gasteiger partial charge on any atom is 0.261 e. The molecule has 112 valence electrons. The summed E-state index contributed by atoms with van der Waals surface area (Å²) in [6.45, 7) is 6.17. The van der Waals surface area contributed by atoms with Gasteiger partial charge < -0.3 is 5.32 Å². The van der Waals surface area contributed by atoms with E-state index in [4.69, 9.17) is 10.7 Å². The zero-order valence-electron chi connectivity index (χ0n) is 11.9. The second kappa shape index (κ2) is 7.09. The molecule has 1 amide bonds. The molecular weight excluding hydrogens is 298 g/mol. The van der Waals surface area contributed by atoms with Gasteiger partial charge in [0.1, 0.15) is 0 Å². The number of carbonyl (C=O) groups is 1. The lowest BCUT2D eigenvalue weighted by molar-refractivity contribution is 0.0935. The first kappa shape index (κ1) is 17.0. The maximum atomic E-state index is 12.1. The molecule has 2 unspecified atom stereocenters. The van der Waals surface area contributed by atoms with Crippen LogP contribution in [0, 0.1) is 5.92 Å². The lowest BCUT2D eigenvalue weighted by atomic mass is 10.0. The monoisotopic (exact) mass is 317 g/mol. The Labute approximate surface area is 124 Å². The van der Waals surface area contributed by atoms with Gasteiger partial charge in [0, 0.05) is 22.3 Å². The van der Waals surface area contributed by atoms with Gasteiger partial charge in [-0.05, 0) is 37.5 Å². The fourth-order valence-electron chi connectivity index (χ4n) is 1.93. The largest absolute Gasteiger partial charge is 0.350 e. The summed E-state index contributed by atoms with van der Waals surface area (Å²) < 4.78 is 22.5. The van der Waals surface area contributed by atoms with E-state index in [0.717, 1.165) is 12.8 Å². The molecule has 4 nitrogen and oxygen atoms in total. The molecule has 0 aliphatic heterocycles. The molecule has 1 rings (SSSR count). The molecule has 0 aliphatic carbocycles. The molecule has 0 bridgehead atoms. The second-order valence-electron chi connectivity index (χ2n) is 5.09. The molecule has 1 aromatic carbocycles. The smallest absolute Gasteiger partial charge is 0.261 e. The lowest BCUT2D eigenvalue weighted by Crippen LogP contribution is -2.33. The first-order chi connectivity index (χ1) is 9.24. The number of nitrogens with one attached hydrogen (secondary N) is 1. The Morgan fingerprint density at radius 3 is 2.55 bits per heavy atom. The number of amides is 1. The first-order valence-electron chi connectivity index (χ1n) is 6.59. The zero-order valence-corrected chi connectivity index (χ0v) is 13.5. The van der Waals surface area contributed by atoms with E-state index < -0.39 is 9.05 Å². The van der Waals surface area contributed by atoms with E-state index in [1.165, 1.54) is 18.2 Å². The van der Waals surface area contributed by atoms with Crippen LogP contribution >= 0.6 is 10.7 Å². The van der Waals surface area contributed by atoms with E-state index in [0.29, 0.717) is 11.5 Å². The van der Waals surface area contributed by atoms with Crippen LogP contribution in [0.4, 0.5) is 0 Å². The Balaban J connectivity index is 2.78. The van der Waals surface area contributed by atoms with Gasteiger partial charge in [-0.25, -0.2) is 8.42 Å². The van der Waals surface area contributed by atoms with Crippen molar-refractivity contribution in [3.05, 3.63) is 29.8 Å². The van der Waals surface area contributed by atoms with Crippen molar-refractivity contribution in [2.24, 2.45) is 5.92 Å². The van der Waals surface area contributed by atoms with Crippen molar-refractivity contribution in [2.45, 2.75) is 44.6 Å². The summed E-state index contributed by atoms with van der Waals surface area (Å²) in [4.78, 5) is 12.0. The van der Waals surface area contributed by atoms with Crippen LogP contribution in [-0.4, -0.2) is 20.4 Å². The summed E-state index contributed by atoms with van der Waals surface area (Å²) in [7, 11) is 1.45. The lowest BCUT2D eigenvalue weighted by Gasteiger charge is -2.17. The van der Waals surface area contributed by atoms with Crippen LogP contribution in [-0.2, 0) is 9.05 Å². The highest BCUT2D eigenvalue weighted by molar-refractivity contribution is 8.13. The standard InChI is InChI=1S/C14H20ClNO3S/c1-4-10(2)8-11(3)16-14(17)12-6-5-7-13(9-12)20(15,18)19/h5-7,9-11H,4,8H2,1-3H3,(H,16,17). The van der Waals surface area contributed by atoms with Gasteiger partial charge in [-0.1, -0.05) is 26.3 Å². The number of rotatable bonds is 6.